The van der Waals surface area contributed by atoms with Gasteiger partial charge in [-0.1, -0.05) is 37.7 Å². The number of carbonyl (C=O) groups excluding carboxylic acids is 1. The van der Waals surface area contributed by atoms with Gasteiger partial charge in [-0.15, -0.1) is 0 Å². The van der Waals surface area contributed by atoms with E-state index in [0.717, 1.165) is 17.7 Å². The van der Waals surface area contributed by atoms with Crippen molar-refractivity contribution in [3.63, 3.8) is 0 Å². The van der Waals surface area contributed by atoms with E-state index in [4.69, 9.17) is 22.7 Å². The summed E-state index contributed by atoms with van der Waals surface area (Å²) in [5, 5.41) is 2.95. The topological polar surface area (TPSA) is 64.3 Å². The quantitative estimate of drug-likeness (QED) is 0.759. The van der Waals surface area contributed by atoms with Crippen molar-refractivity contribution in [2.24, 2.45) is 11.7 Å². The molecule has 0 aromatic heterocycles. The van der Waals surface area contributed by atoms with Crippen LogP contribution < -0.4 is 15.8 Å². The number of methoxy groups -OCH3 is 1. The first-order valence-electron chi connectivity index (χ1n) is 6.73. The molecular weight excluding hydrogens is 272 g/mol. The Morgan fingerprint density at radius 2 is 2.00 bits per heavy atom. The van der Waals surface area contributed by atoms with E-state index in [2.05, 4.69) is 5.32 Å². The van der Waals surface area contributed by atoms with Crippen LogP contribution in [0.2, 0.25) is 0 Å². The number of benzene rings is 1. The molecule has 1 aromatic carbocycles. The van der Waals surface area contributed by atoms with E-state index in [9.17, 15) is 4.79 Å². The first-order chi connectivity index (χ1) is 9.49. The first kappa shape index (κ1) is 16.4. The molecule has 5 heteroatoms. The van der Waals surface area contributed by atoms with Crippen LogP contribution in [-0.4, -0.2) is 18.0 Å². The molecule has 1 rings (SSSR count). The number of thiocarbonyl (C=S) groups is 1. The summed E-state index contributed by atoms with van der Waals surface area (Å²) in [5.41, 5.74) is 6.64. The maximum atomic E-state index is 12.2. The van der Waals surface area contributed by atoms with Crippen LogP contribution in [0.5, 0.6) is 5.75 Å². The molecule has 3 N–H and O–H groups in total. The van der Waals surface area contributed by atoms with Crippen molar-refractivity contribution in [1.29, 1.82) is 0 Å². The zero-order chi connectivity index (χ0) is 15.1. The van der Waals surface area contributed by atoms with Gasteiger partial charge in [-0.2, -0.15) is 0 Å². The van der Waals surface area contributed by atoms with E-state index in [0.29, 0.717) is 6.42 Å². The zero-order valence-electron chi connectivity index (χ0n) is 12.2. The molecule has 20 heavy (non-hydrogen) atoms. The third kappa shape index (κ3) is 4.49. The number of carbonyl (C=O) groups is 1. The Morgan fingerprint density at radius 3 is 2.45 bits per heavy atom. The number of ether oxygens (including phenoxy) is 1. The Morgan fingerprint density at radius 1 is 1.40 bits per heavy atom. The molecule has 2 unspecified atom stereocenters. The van der Waals surface area contributed by atoms with Crippen molar-refractivity contribution in [3.8, 4) is 5.75 Å². The molecule has 1 aromatic rings. The van der Waals surface area contributed by atoms with Crippen LogP contribution >= 0.6 is 12.2 Å². The number of nitrogens with one attached hydrogen (secondary N) is 1. The minimum atomic E-state index is -0.393. The van der Waals surface area contributed by atoms with Crippen LogP contribution in [0.1, 0.15) is 38.3 Å². The van der Waals surface area contributed by atoms with Gasteiger partial charge in [0.25, 0.3) is 0 Å². The van der Waals surface area contributed by atoms with Crippen LogP contribution in [0, 0.1) is 5.92 Å². The van der Waals surface area contributed by atoms with Gasteiger partial charge in [0.15, 0.2) is 0 Å². The molecule has 0 radical (unpaired) electrons. The van der Waals surface area contributed by atoms with E-state index >= 15 is 0 Å². The smallest absolute Gasteiger partial charge is 0.230 e. The lowest BCUT2D eigenvalue weighted by atomic mass is 10.0. The molecule has 0 spiro atoms. The lowest BCUT2D eigenvalue weighted by Crippen LogP contribution is -2.39. The van der Waals surface area contributed by atoms with Crippen LogP contribution in [0.15, 0.2) is 24.3 Å². The Labute approximate surface area is 125 Å². The highest BCUT2D eigenvalue weighted by molar-refractivity contribution is 7.80. The number of nitrogens with two attached hydrogens (primary N) is 1. The van der Waals surface area contributed by atoms with Gasteiger partial charge in [0.05, 0.1) is 24.1 Å². The third-order valence-electron chi connectivity index (χ3n) is 3.21. The fourth-order valence-corrected chi connectivity index (χ4v) is 2.21. The van der Waals surface area contributed by atoms with Crippen LogP contribution in [-0.2, 0) is 4.79 Å². The highest BCUT2D eigenvalue weighted by Gasteiger charge is 2.22. The first-order valence-corrected chi connectivity index (χ1v) is 7.14. The lowest BCUT2D eigenvalue weighted by molar-refractivity contribution is -0.123. The van der Waals surface area contributed by atoms with Gasteiger partial charge in [0.1, 0.15) is 5.75 Å². The molecule has 0 heterocycles. The summed E-state index contributed by atoms with van der Waals surface area (Å²) in [6, 6.07) is 7.50. The molecule has 0 saturated heterocycles. The van der Waals surface area contributed by atoms with Crippen molar-refractivity contribution in [2.75, 3.05) is 7.11 Å². The van der Waals surface area contributed by atoms with Gasteiger partial charge in [-0.3, -0.25) is 4.79 Å². The van der Waals surface area contributed by atoms with Gasteiger partial charge in [-0.05, 0) is 31.0 Å². The summed E-state index contributed by atoms with van der Waals surface area (Å²) < 4.78 is 5.11. The summed E-state index contributed by atoms with van der Waals surface area (Å²) in [6.45, 7) is 3.94. The number of hydrogen-bond donors (Lipinski definition) is 2. The highest BCUT2D eigenvalue weighted by Crippen LogP contribution is 2.18. The normalized spacial score (nSPS) is 13.3. The Hall–Kier alpha value is -1.62. The predicted octanol–water partition coefficient (Wildman–Crippen LogP) is 2.57. The largest absolute Gasteiger partial charge is 0.497 e. The second-order valence-electron chi connectivity index (χ2n) is 4.75. The van der Waals surface area contributed by atoms with Crippen molar-refractivity contribution in [2.45, 2.75) is 32.7 Å². The maximum Gasteiger partial charge on any atom is 0.230 e. The average molecular weight is 294 g/mol. The molecular formula is C15H22N2O2S. The van der Waals surface area contributed by atoms with Crippen LogP contribution in [0.25, 0.3) is 0 Å². The van der Waals surface area contributed by atoms with Crippen LogP contribution in [0.3, 0.4) is 0 Å². The second kappa shape index (κ2) is 7.85. The summed E-state index contributed by atoms with van der Waals surface area (Å²) in [6.07, 6.45) is 1.54. The van der Waals surface area contributed by atoms with Crippen molar-refractivity contribution >= 4 is 23.1 Å². The minimum Gasteiger partial charge on any atom is -0.497 e. The Bertz CT molecular complexity index is 459. The number of hydrogen-bond acceptors (Lipinski definition) is 3. The molecule has 2 atom stereocenters. The SMILES string of the molecule is CCCC(C(=O)NC(C)c1ccc(OC)cc1)C(N)=S. The van der Waals surface area contributed by atoms with E-state index in [1.165, 1.54) is 0 Å². The van der Waals surface area contributed by atoms with E-state index in [1.807, 2.05) is 38.1 Å². The van der Waals surface area contributed by atoms with Gasteiger partial charge < -0.3 is 15.8 Å². The van der Waals surface area contributed by atoms with Crippen LogP contribution in [0.4, 0.5) is 0 Å². The van der Waals surface area contributed by atoms with E-state index in [1.54, 1.807) is 7.11 Å². The van der Waals surface area contributed by atoms with Crippen molar-refractivity contribution in [3.05, 3.63) is 29.8 Å². The molecule has 110 valence electrons. The third-order valence-corrected chi connectivity index (χ3v) is 3.50. The standard InChI is InChI=1S/C15H22N2O2S/c1-4-5-13(14(16)20)15(18)17-10(2)11-6-8-12(19-3)9-7-11/h6-10,13H,4-5H2,1-3H3,(H2,16,20)(H,17,18). The van der Waals surface area contributed by atoms with Crippen molar-refractivity contribution in [1.82, 2.24) is 5.32 Å². The molecule has 1 amide bonds. The molecule has 0 fully saturated rings. The summed E-state index contributed by atoms with van der Waals surface area (Å²) >= 11 is 4.96. The molecule has 0 aliphatic heterocycles. The second-order valence-corrected chi connectivity index (χ2v) is 5.22. The summed E-state index contributed by atoms with van der Waals surface area (Å²) in [7, 11) is 1.62. The summed E-state index contributed by atoms with van der Waals surface area (Å²) in [4.78, 5) is 12.4. The maximum absolute atomic E-state index is 12.2. The fourth-order valence-electron chi connectivity index (χ4n) is 1.98. The number of rotatable bonds is 7. The predicted molar refractivity (Wildman–Crippen MR) is 84.7 cm³/mol. The zero-order valence-corrected chi connectivity index (χ0v) is 13.0. The Kier molecular flexibility index (Phi) is 6.45. The monoisotopic (exact) mass is 294 g/mol. The summed E-state index contributed by atoms with van der Waals surface area (Å²) in [5.74, 6) is 0.289. The fraction of sp³-hybridized carbons (Fsp3) is 0.467. The number of amides is 1. The minimum absolute atomic E-state index is 0.0953. The Balaban J connectivity index is 2.70. The van der Waals surface area contributed by atoms with Gasteiger partial charge in [0.2, 0.25) is 5.91 Å². The average Bonchev–Trinajstić information content (AvgIpc) is 2.44. The van der Waals surface area contributed by atoms with Gasteiger partial charge in [-0.25, -0.2) is 0 Å². The lowest BCUT2D eigenvalue weighted by Gasteiger charge is -2.19. The van der Waals surface area contributed by atoms with Crippen molar-refractivity contribution < 1.29 is 9.53 Å². The van der Waals surface area contributed by atoms with E-state index < -0.39 is 5.92 Å². The molecule has 0 aliphatic carbocycles. The highest BCUT2D eigenvalue weighted by atomic mass is 32.1. The van der Waals surface area contributed by atoms with Gasteiger partial charge in [0, 0.05) is 0 Å². The van der Waals surface area contributed by atoms with E-state index in [-0.39, 0.29) is 16.9 Å². The molecule has 4 nitrogen and oxygen atoms in total. The molecule has 0 bridgehead atoms. The molecule has 0 aliphatic rings. The van der Waals surface area contributed by atoms with Gasteiger partial charge >= 0.3 is 0 Å². The molecule has 0 saturated carbocycles.